The number of ether oxygens (including phenoxy) is 2. The van der Waals surface area contributed by atoms with E-state index < -0.39 is 11.1 Å². The van der Waals surface area contributed by atoms with E-state index in [1.165, 1.54) is 13.2 Å². The van der Waals surface area contributed by atoms with Crippen LogP contribution in [-0.4, -0.2) is 42.3 Å². The predicted molar refractivity (Wildman–Crippen MR) is 94.1 cm³/mol. The molecule has 0 heterocycles. The smallest absolute Gasteiger partial charge is 0.410 e. The highest BCUT2D eigenvalue weighted by molar-refractivity contribution is 5.69. The molecule has 0 aliphatic rings. The van der Waals surface area contributed by atoms with Gasteiger partial charge in [-0.25, -0.2) is 9.18 Å². The molecule has 24 heavy (non-hydrogen) atoms. The van der Waals surface area contributed by atoms with Gasteiger partial charge in [0.05, 0.1) is 12.8 Å². The molecule has 6 heteroatoms. The van der Waals surface area contributed by atoms with Crippen LogP contribution in [0.2, 0.25) is 0 Å². The number of anilines is 1. The molecule has 0 atom stereocenters. The zero-order valence-corrected chi connectivity index (χ0v) is 15.7. The molecule has 0 spiro atoms. The molecule has 1 amide bonds. The number of benzene rings is 1. The van der Waals surface area contributed by atoms with Crippen molar-refractivity contribution in [2.75, 3.05) is 25.5 Å². The molecule has 0 unspecified atom stereocenters. The van der Waals surface area contributed by atoms with E-state index in [-0.39, 0.29) is 11.9 Å². The zero-order chi connectivity index (χ0) is 18.5. The van der Waals surface area contributed by atoms with Crippen LogP contribution in [0.25, 0.3) is 0 Å². The lowest BCUT2D eigenvalue weighted by Gasteiger charge is -2.37. The maximum absolute atomic E-state index is 13.8. The van der Waals surface area contributed by atoms with E-state index in [0.717, 1.165) is 0 Å². The second kappa shape index (κ2) is 7.73. The predicted octanol–water partition coefficient (Wildman–Crippen LogP) is 4.28. The van der Waals surface area contributed by atoms with Crippen LogP contribution in [0, 0.1) is 5.82 Å². The van der Waals surface area contributed by atoms with E-state index >= 15 is 0 Å². The van der Waals surface area contributed by atoms with Crippen LogP contribution in [0.4, 0.5) is 14.9 Å². The first-order valence-corrected chi connectivity index (χ1v) is 8.02. The Morgan fingerprint density at radius 2 is 1.83 bits per heavy atom. The van der Waals surface area contributed by atoms with Crippen LogP contribution in [0.15, 0.2) is 18.2 Å². The molecule has 0 aliphatic heterocycles. The highest BCUT2D eigenvalue weighted by Crippen LogP contribution is 2.22. The topological polar surface area (TPSA) is 50.8 Å². The third kappa shape index (κ3) is 6.26. The van der Waals surface area contributed by atoms with Crippen molar-refractivity contribution >= 4 is 11.8 Å². The van der Waals surface area contributed by atoms with Crippen molar-refractivity contribution in [2.45, 2.75) is 52.7 Å². The van der Waals surface area contributed by atoms with Gasteiger partial charge in [0.2, 0.25) is 0 Å². The summed E-state index contributed by atoms with van der Waals surface area (Å²) >= 11 is 0. The standard InChI is InChI=1S/C18H29FN2O3/c1-17(2,3)21(16(22)24-18(4,5)6)11-10-20-15-12-13(23-7)8-9-14(15)19/h8-9,12,20H,10-11H2,1-7H3. The number of carbonyl (C=O) groups is 1. The highest BCUT2D eigenvalue weighted by Gasteiger charge is 2.30. The maximum atomic E-state index is 13.8. The fourth-order valence-electron chi connectivity index (χ4n) is 2.09. The fraction of sp³-hybridized carbons (Fsp3) is 0.611. The summed E-state index contributed by atoms with van der Waals surface area (Å²) in [7, 11) is 1.53. The molecule has 1 N–H and O–H groups in total. The van der Waals surface area contributed by atoms with Gasteiger partial charge in [0, 0.05) is 24.7 Å². The second-order valence-electron chi connectivity index (χ2n) is 7.58. The largest absolute Gasteiger partial charge is 0.497 e. The van der Waals surface area contributed by atoms with Crippen molar-refractivity contribution in [1.29, 1.82) is 0 Å². The van der Waals surface area contributed by atoms with Gasteiger partial charge >= 0.3 is 6.09 Å². The van der Waals surface area contributed by atoms with E-state index in [1.807, 2.05) is 41.5 Å². The first-order valence-electron chi connectivity index (χ1n) is 8.02. The van der Waals surface area contributed by atoms with Gasteiger partial charge in [0.25, 0.3) is 0 Å². The zero-order valence-electron chi connectivity index (χ0n) is 15.7. The second-order valence-corrected chi connectivity index (χ2v) is 7.58. The van der Waals surface area contributed by atoms with Gasteiger partial charge in [0.15, 0.2) is 0 Å². The van der Waals surface area contributed by atoms with Gasteiger partial charge < -0.3 is 19.7 Å². The molecule has 1 rings (SSSR count). The van der Waals surface area contributed by atoms with Crippen LogP contribution in [-0.2, 0) is 4.74 Å². The third-order valence-corrected chi connectivity index (χ3v) is 3.25. The van der Waals surface area contributed by atoms with E-state index in [0.29, 0.717) is 24.5 Å². The van der Waals surface area contributed by atoms with E-state index in [2.05, 4.69) is 5.32 Å². The normalized spacial score (nSPS) is 11.8. The molecular formula is C18H29FN2O3. The molecule has 0 saturated carbocycles. The highest BCUT2D eigenvalue weighted by atomic mass is 19.1. The average Bonchev–Trinajstić information content (AvgIpc) is 2.41. The molecule has 5 nitrogen and oxygen atoms in total. The van der Waals surface area contributed by atoms with Gasteiger partial charge in [0.1, 0.15) is 17.2 Å². The molecule has 0 aromatic heterocycles. The lowest BCUT2D eigenvalue weighted by Crippen LogP contribution is -2.49. The van der Waals surface area contributed by atoms with Crippen molar-refractivity contribution in [2.24, 2.45) is 0 Å². The van der Waals surface area contributed by atoms with Crippen molar-refractivity contribution in [3.63, 3.8) is 0 Å². The summed E-state index contributed by atoms with van der Waals surface area (Å²) in [5, 5.41) is 3.00. The molecule has 136 valence electrons. The molecule has 1 aromatic carbocycles. The minimum atomic E-state index is -0.563. The number of halogens is 1. The van der Waals surface area contributed by atoms with Gasteiger partial charge in [-0.1, -0.05) is 0 Å². The van der Waals surface area contributed by atoms with Crippen molar-refractivity contribution in [3.8, 4) is 5.75 Å². The Balaban J connectivity index is 2.75. The van der Waals surface area contributed by atoms with E-state index in [9.17, 15) is 9.18 Å². The molecule has 0 bridgehead atoms. The Labute approximate surface area is 144 Å². The van der Waals surface area contributed by atoms with E-state index in [1.54, 1.807) is 17.0 Å². The molecule has 0 fully saturated rings. The van der Waals surface area contributed by atoms with Crippen LogP contribution in [0.3, 0.4) is 0 Å². The first-order chi connectivity index (χ1) is 10.9. The summed E-state index contributed by atoms with van der Waals surface area (Å²) in [5.41, 5.74) is -0.628. The van der Waals surface area contributed by atoms with Crippen molar-refractivity contribution in [1.82, 2.24) is 4.90 Å². The summed E-state index contributed by atoms with van der Waals surface area (Å²) in [6.45, 7) is 12.1. The fourth-order valence-corrected chi connectivity index (χ4v) is 2.09. The number of hydrogen-bond donors (Lipinski definition) is 1. The molecule has 0 saturated heterocycles. The maximum Gasteiger partial charge on any atom is 0.410 e. The van der Waals surface area contributed by atoms with Crippen molar-refractivity contribution in [3.05, 3.63) is 24.0 Å². The minimum Gasteiger partial charge on any atom is -0.497 e. The van der Waals surface area contributed by atoms with Crippen LogP contribution < -0.4 is 10.1 Å². The third-order valence-electron chi connectivity index (χ3n) is 3.25. The lowest BCUT2D eigenvalue weighted by atomic mass is 10.1. The Morgan fingerprint density at radius 3 is 2.33 bits per heavy atom. The molecule has 0 radical (unpaired) electrons. The average molecular weight is 340 g/mol. The number of hydrogen-bond acceptors (Lipinski definition) is 4. The first kappa shape index (κ1) is 20.1. The Bertz CT molecular complexity index is 562. The minimum absolute atomic E-state index is 0.340. The van der Waals surface area contributed by atoms with Crippen LogP contribution in [0.1, 0.15) is 41.5 Å². The summed E-state index contributed by atoms with van der Waals surface area (Å²) in [6.07, 6.45) is -0.386. The monoisotopic (exact) mass is 340 g/mol. The summed E-state index contributed by atoms with van der Waals surface area (Å²) < 4.78 is 24.4. The van der Waals surface area contributed by atoms with Crippen molar-refractivity contribution < 1.29 is 18.7 Å². The molecule has 1 aromatic rings. The van der Waals surface area contributed by atoms with Gasteiger partial charge in [-0.3, -0.25) is 0 Å². The summed E-state index contributed by atoms with van der Waals surface area (Å²) in [6, 6.07) is 4.49. The Hall–Kier alpha value is -1.98. The number of nitrogens with zero attached hydrogens (tertiary/aromatic N) is 1. The van der Waals surface area contributed by atoms with E-state index in [4.69, 9.17) is 9.47 Å². The summed E-state index contributed by atoms with van der Waals surface area (Å²) in [5.74, 6) is 0.203. The number of carbonyl (C=O) groups excluding carboxylic acids is 1. The van der Waals surface area contributed by atoms with Gasteiger partial charge in [-0.2, -0.15) is 0 Å². The van der Waals surface area contributed by atoms with Gasteiger partial charge in [-0.05, 0) is 53.7 Å². The Kier molecular flexibility index (Phi) is 6.46. The number of nitrogens with one attached hydrogen (secondary N) is 1. The van der Waals surface area contributed by atoms with Crippen LogP contribution in [0.5, 0.6) is 5.75 Å². The molecular weight excluding hydrogens is 311 g/mol. The lowest BCUT2D eigenvalue weighted by molar-refractivity contribution is 0.00749. The Morgan fingerprint density at radius 1 is 1.21 bits per heavy atom. The number of rotatable bonds is 5. The van der Waals surface area contributed by atoms with Gasteiger partial charge in [-0.15, -0.1) is 0 Å². The number of methoxy groups -OCH3 is 1. The quantitative estimate of drug-likeness (QED) is 0.869. The van der Waals surface area contributed by atoms with Crippen LogP contribution >= 0.6 is 0 Å². The summed E-state index contributed by atoms with van der Waals surface area (Å²) in [4.78, 5) is 14.0. The SMILES string of the molecule is COc1ccc(F)c(NCCN(C(=O)OC(C)(C)C)C(C)(C)C)c1. The number of amides is 1. The molecule has 0 aliphatic carbocycles.